The first-order valence-corrected chi connectivity index (χ1v) is 5.99. The lowest BCUT2D eigenvalue weighted by atomic mass is 9.90. The van der Waals surface area contributed by atoms with Gasteiger partial charge in [-0.05, 0) is 30.9 Å². The minimum absolute atomic E-state index is 0.117. The number of anilines is 1. The maximum absolute atomic E-state index is 11.4. The molecule has 1 aromatic rings. The van der Waals surface area contributed by atoms with Crippen molar-refractivity contribution >= 4 is 11.7 Å². The van der Waals surface area contributed by atoms with E-state index in [0.717, 1.165) is 25.1 Å². The van der Waals surface area contributed by atoms with Gasteiger partial charge in [0.2, 0.25) is 0 Å². The van der Waals surface area contributed by atoms with Crippen LogP contribution in [0.3, 0.4) is 0 Å². The number of piperidine rings is 1. The number of pyridine rings is 1. The van der Waals surface area contributed by atoms with Gasteiger partial charge in [-0.15, -0.1) is 0 Å². The molecule has 0 aliphatic carbocycles. The molecule has 5 heteroatoms. The zero-order valence-electron chi connectivity index (χ0n) is 10.2. The van der Waals surface area contributed by atoms with Crippen molar-refractivity contribution in [3.8, 4) is 6.07 Å². The van der Waals surface area contributed by atoms with E-state index in [2.05, 4.69) is 4.98 Å². The van der Waals surface area contributed by atoms with E-state index in [-0.39, 0.29) is 5.92 Å². The van der Waals surface area contributed by atoms with Gasteiger partial charge in [0, 0.05) is 6.54 Å². The zero-order valence-corrected chi connectivity index (χ0v) is 10.2. The van der Waals surface area contributed by atoms with Gasteiger partial charge in [-0.1, -0.05) is 6.92 Å². The molecule has 94 valence electrons. The van der Waals surface area contributed by atoms with Gasteiger partial charge in [-0.2, -0.15) is 5.26 Å². The van der Waals surface area contributed by atoms with Gasteiger partial charge in [0.15, 0.2) is 0 Å². The predicted octanol–water partition coefficient (Wildman–Crippen LogP) is 1.64. The molecule has 0 aromatic carbocycles. The summed E-state index contributed by atoms with van der Waals surface area (Å²) in [6, 6.07) is 4.83. The van der Waals surface area contributed by atoms with Crippen LogP contribution in [0.25, 0.3) is 0 Å². The van der Waals surface area contributed by atoms with E-state index in [1.807, 2.05) is 17.9 Å². The highest BCUT2D eigenvalue weighted by Crippen LogP contribution is 2.28. The van der Waals surface area contributed by atoms with Crippen LogP contribution in [0.4, 0.5) is 5.69 Å². The maximum Gasteiger partial charge on any atom is 0.326 e. The molecular weight excluding hydrogens is 230 g/mol. The quantitative estimate of drug-likeness (QED) is 0.857. The molecule has 18 heavy (non-hydrogen) atoms. The third-order valence-electron chi connectivity index (χ3n) is 3.38. The number of nitriles is 1. The van der Waals surface area contributed by atoms with E-state index in [1.165, 1.54) is 0 Å². The molecule has 0 spiro atoms. The second-order valence-corrected chi connectivity index (χ2v) is 4.61. The van der Waals surface area contributed by atoms with Crippen molar-refractivity contribution in [3.63, 3.8) is 0 Å². The van der Waals surface area contributed by atoms with E-state index < -0.39 is 12.0 Å². The highest BCUT2D eigenvalue weighted by atomic mass is 16.4. The van der Waals surface area contributed by atoms with Gasteiger partial charge in [-0.3, -0.25) is 0 Å². The highest BCUT2D eigenvalue weighted by Gasteiger charge is 2.34. The van der Waals surface area contributed by atoms with Crippen LogP contribution >= 0.6 is 0 Å². The molecule has 2 rings (SSSR count). The first-order chi connectivity index (χ1) is 8.63. The van der Waals surface area contributed by atoms with Crippen LogP contribution in [0.1, 0.15) is 25.5 Å². The van der Waals surface area contributed by atoms with Crippen molar-refractivity contribution in [2.24, 2.45) is 5.92 Å². The molecule has 0 saturated carbocycles. The molecule has 0 bridgehead atoms. The van der Waals surface area contributed by atoms with Crippen molar-refractivity contribution in [3.05, 3.63) is 24.0 Å². The van der Waals surface area contributed by atoms with E-state index in [4.69, 9.17) is 5.26 Å². The van der Waals surface area contributed by atoms with Crippen LogP contribution in [0.5, 0.6) is 0 Å². The molecule has 5 nitrogen and oxygen atoms in total. The summed E-state index contributed by atoms with van der Waals surface area (Å²) in [5.41, 5.74) is 1.11. The number of aliphatic carboxylic acids is 1. The number of nitrogens with zero attached hydrogens (tertiary/aromatic N) is 3. The van der Waals surface area contributed by atoms with E-state index in [9.17, 15) is 9.90 Å². The summed E-state index contributed by atoms with van der Waals surface area (Å²) < 4.78 is 0. The van der Waals surface area contributed by atoms with Gasteiger partial charge in [0.25, 0.3) is 0 Å². The highest BCUT2D eigenvalue weighted by molar-refractivity contribution is 5.78. The van der Waals surface area contributed by atoms with Crippen molar-refractivity contribution < 1.29 is 9.90 Å². The molecule has 1 aromatic heterocycles. The van der Waals surface area contributed by atoms with Crippen LogP contribution in [0, 0.1) is 17.2 Å². The summed E-state index contributed by atoms with van der Waals surface area (Å²) in [5, 5.41) is 18.0. The summed E-state index contributed by atoms with van der Waals surface area (Å²) in [6.07, 6.45) is 3.48. The first kappa shape index (κ1) is 12.4. The van der Waals surface area contributed by atoms with Crippen molar-refractivity contribution in [2.75, 3.05) is 11.4 Å². The lowest BCUT2D eigenvalue weighted by Crippen LogP contribution is -2.49. The van der Waals surface area contributed by atoms with Crippen LogP contribution in [0.2, 0.25) is 0 Å². The minimum atomic E-state index is -0.799. The van der Waals surface area contributed by atoms with E-state index in [1.54, 1.807) is 18.3 Å². The summed E-state index contributed by atoms with van der Waals surface area (Å²) in [6.45, 7) is 2.68. The fourth-order valence-electron chi connectivity index (χ4n) is 2.48. The van der Waals surface area contributed by atoms with Crippen molar-refractivity contribution in [2.45, 2.75) is 25.8 Å². The van der Waals surface area contributed by atoms with E-state index in [0.29, 0.717) is 5.69 Å². The smallest absolute Gasteiger partial charge is 0.326 e. The summed E-state index contributed by atoms with van der Waals surface area (Å²) >= 11 is 0. The molecule has 1 aliphatic rings. The lowest BCUT2D eigenvalue weighted by molar-refractivity contribution is -0.140. The topological polar surface area (TPSA) is 77.2 Å². The lowest BCUT2D eigenvalue weighted by Gasteiger charge is -2.38. The van der Waals surface area contributed by atoms with Gasteiger partial charge in [0.1, 0.15) is 17.8 Å². The van der Waals surface area contributed by atoms with Gasteiger partial charge >= 0.3 is 5.97 Å². The second kappa shape index (κ2) is 5.05. The molecule has 1 fully saturated rings. The number of hydrogen-bond donors (Lipinski definition) is 1. The Morgan fingerprint density at radius 3 is 2.94 bits per heavy atom. The molecule has 2 atom stereocenters. The SMILES string of the molecule is CC1CCCN(c2ccc(C#N)nc2)C1C(=O)O. The van der Waals surface area contributed by atoms with E-state index >= 15 is 0 Å². The monoisotopic (exact) mass is 245 g/mol. The van der Waals surface area contributed by atoms with Crippen LogP contribution in [0.15, 0.2) is 18.3 Å². The third-order valence-corrected chi connectivity index (χ3v) is 3.38. The Morgan fingerprint density at radius 2 is 2.39 bits per heavy atom. The number of aromatic nitrogens is 1. The molecule has 2 unspecified atom stereocenters. The molecule has 0 amide bonds. The Kier molecular flexibility index (Phi) is 3.47. The Balaban J connectivity index is 2.28. The first-order valence-electron chi connectivity index (χ1n) is 5.99. The molecule has 1 N–H and O–H groups in total. The summed E-state index contributed by atoms with van der Waals surface area (Å²) in [7, 11) is 0. The number of carboxylic acids is 1. The number of rotatable bonds is 2. The Bertz CT molecular complexity index is 478. The maximum atomic E-state index is 11.4. The van der Waals surface area contributed by atoms with Crippen molar-refractivity contribution in [1.29, 1.82) is 5.26 Å². The molecule has 0 radical (unpaired) electrons. The van der Waals surface area contributed by atoms with Gasteiger partial charge in [-0.25, -0.2) is 9.78 Å². The zero-order chi connectivity index (χ0) is 13.1. The fourth-order valence-corrected chi connectivity index (χ4v) is 2.48. The molecule has 2 heterocycles. The average Bonchev–Trinajstić information content (AvgIpc) is 2.38. The Labute approximate surface area is 106 Å². The van der Waals surface area contributed by atoms with Gasteiger partial charge in [0.05, 0.1) is 11.9 Å². The molecule has 1 saturated heterocycles. The fraction of sp³-hybridized carbons (Fsp3) is 0.462. The van der Waals surface area contributed by atoms with Gasteiger partial charge < -0.3 is 10.0 Å². The Hall–Kier alpha value is -2.09. The molecule has 1 aliphatic heterocycles. The summed E-state index contributed by atoms with van der Waals surface area (Å²) in [4.78, 5) is 17.2. The molecular formula is C13H15N3O2. The van der Waals surface area contributed by atoms with Crippen LogP contribution in [-0.4, -0.2) is 28.6 Å². The van der Waals surface area contributed by atoms with Crippen molar-refractivity contribution in [1.82, 2.24) is 4.98 Å². The summed E-state index contributed by atoms with van der Waals surface area (Å²) in [5.74, 6) is -0.682. The second-order valence-electron chi connectivity index (χ2n) is 4.61. The standard InChI is InChI=1S/C13H15N3O2/c1-9-3-2-6-16(12(9)13(17)18)11-5-4-10(7-14)15-8-11/h4-5,8-9,12H,2-3,6H2,1H3,(H,17,18). The minimum Gasteiger partial charge on any atom is -0.480 e. The van der Waals surface area contributed by atoms with Crippen LogP contribution in [-0.2, 0) is 4.79 Å². The third kappa shape index (κ3) is 2.28. The van der Waals surface area contributed by atoms with Crippen LogP contribution < -0.4 is 4.90 Å². The number of hydrogen-bond acceptors (Lipinski definition) is 4. The largest absolute Gasteiger partial charge is 0.480 e. The predicted molar refractivity (Wildman–Crippen MR) is 66.1 cm³/mol. The Morgan fingerprint density at radius 1 is 1.61 bits per heavy atom. The normalized spacial score (nSPS) is 23.4. The number of carboxylic acid groups (broad SMARTS) is 1. The average molecular weight is 245 g/mol. The number of carbonyl (C=O) groups is 1.